The molecule has 0 saturated heterocycles. The van der Waals surface area contributed by atoms with Crippen molar-refractivity contribution in [2.45, 2.75) is 0 Å². The highest BCUT2D eigenvalue weighted by molar-refractivity contribution is 7.13. The third kappa shape index (κ3) is 1.87. The smallest absolute Gasteiger partial charge is 0.355 e. The van der Waals surface area contributed by atoms with E-state index in [1.54, 1.807) is 12.1 Å². The second-order valence-corrected chi connectivity index (χ2v) is 4.24. The maximum Gasteiger partial charge on any atom is 0.355 e. The fourth-order valence-electron chi connectivity index (χ4n) is 1.21. The Balaban J connectivity index is 2.54. The normalized spacial score (nSPS) is 10.3. The summed E-state index contributed by atoms with van der Waals surface area (Å²) >= 11 is 7.04. The third-order valence-electron chi connectivity index (χ3n) is 1.93. The molecule has 0 unspecified atom stereocenters. The van der Waals surface area contributed by atoms with Crippen molar-refractivity contribution in [3.8, 4) is 16.3 Å². The van der Waals surface area contributed by atoms with Crippen LogP contribution in [0.3, 0.4) is 0 Å². The average Bonchev–Trinajstić information content (AvgIpc) is 2.66. The molecule has 1 aromatic carbocycles. The van der Waals surface area contributed by atoms with E-state index < -0.39 is 5.97 Å². The third-order valence-corrected chi connectivity index (χ3v) is 3.10. The summed E-state index contributed by atoms with van der Waals surface area (Å²) in [5.74, 6) is -1.12. The summed E-state index contributed by atoms with van der Waals surface area (Å²) in [6.45, 7) is 0. The van der Waals surface area contributed by atoms with Crippen molar-refractivity contribution in [2.75, 3.05) is 0 Å². The molecule has 1 heterocycles. The van der Waals surface area contributed by atoms with E-state index in [-0.39, 0.29) is 11.4 Å². The zero-order valence-corrected chi connectivity index (χ0v) is 9.42. The molecule has 0 bridgehead atoms. The van der Waals surface area contributed by atoms with Crippen LogP contribution in [0.5, 0.6) is 5.75 Å². The largest absolute Gasteiger partial charge is 0.507 e. The first-order valence-electron chi connectivity index (χ1n) is 4.26. The Morgan fingerprint density at radius 3 is 2.75 bits per heavy atom. The van der Waals surface area contributed by atoms with Crippen LogP contribution in [-0.4, -0.2) is 21.2 Å². The topological polar surface area (TPSA) is 70.4 Å². The highest BCUT2D eigenvalue weighted by atomic mass is 35.5. The molecule has 2 aromatic rings. The molecule has 0 saturated carbocycles. The molecule has 0 aliphatic rings. The van der Waals surface area contributed by atoms with Crippen LogP contribution >= 0.6 is 22.9 Å². The van der Waals surface area contributed by atoms with Gasteiger partial charge in [0, 0.05) is 5.38 Å². The maximum absolute atomic E-state index is 10.7. The monoisotopic (exact) mass is 255 g/mol. The number of carboxylic acids is 1. The van der Waals surface area contributed by atoms with Crippen molar-refractivity contribution in [3.05, 3.63) is 34.3 Å². The summed E-state index contributed by atoms with van der Waals surface area (Å²) in [6.07, 6.45) is 0. The van der Waals surface area contributed by atoms with E-state index in [1.807, 2.05) is 0 Å². The van der Waals surface area contributed by atoms with Crippen molar-refractivity contribution in [2.24, 2.45) is 0 Å². The van der Waals surface area contributed by atoms with Crippen LogP contribution in [0.15, 0.2) is 23.6 Å². The number of halogens is 1. The zero-order valence-electron chi connectivity index (χ0n) is 7.85. The van der Waals surface area contributed by atoms with Crippen molar-refractivity contribution in [1.29, 1.82) is 0 Å². The van der Waals surface area contributed by atoms with E-state index in [1.165, 1.54) is 11.4 Å². The van der Waals surface area contributed by atoms with Gasteiger partial charge >= 0.3 is 5.97 Å². The lowest BCUT2D eigenvalue weighted by Gasteiger charge is -2.02. The van der Waals surface area contributed by atoms with Crippen LogP contribution in [0.4, 0.5) is 0 Å². The first-order chi connectivity index (χ1) is 7.59. The Bertz CT molecular complexity index is 532. The van der Waals surface area contributed by atoms with Crippen molar-refractivity contribution >= 4 is 28.9 Å². The summed E-state index contributed by atoms with van der Waals surface area (Å²) in [7, 11) is 0. The minimum Gasteiger partial charge on any atom is -0.507 e. The number of carbonyl (C=O) groups is 1. The Labute approximate surface area is 99.8 Å². The second kappa shape index (κ2) is 4.11. The molecule has 6 heteroatoms. The van der Waals surface area contributed by atoms with Crippen molar-refractivity contribution < 1.29 is 15.0 Å². The lowest BCUT2D eigenvalue weighted by atomic mass is 10.2. The molecule has 0 amide bonds. The van der Waals surface area contributed by atoms with Gasteiger partial charge in [-0.1, -0.05) is 17.7 Å². The number of hydrogen-bond acceptors (Lipinski definition) is 4. The van der Waals surface area contributed by atoms with E-state index in [9.17, 15) is 9.90 Å². The molecule has 0 radical (unpaired) electrons. The minimum atomic E-state index is -1.10. The average molecular weight is 256 g/mol. The number of phenolic OH excluding ortho intramolecular Hbond substituents is 1. The molecule has 4 nitrogen and oxygen atoms in total. The van der Waals surface area contributed by atoms with Gasteiger partial charge in [0.15, 0.2) is 5.69 Å². The lowest BCUT2D eigenvalue weighted by molar-refractivity contribution is 0.0691. The number of hydrogen-bond donors (Lipinski definition) is 2. The number of phenols is 1. The fraction of sp³-hybridized carbons (Fsp3) is 0. The number of aromatic nitrogens is 1. The van der Waals surface area contributed by atoms with Crippen LogP contribution in [0.25, 0.3) is 10.6 Å². The van der Waals surface area contributed by atoms with Crippen molar-refractivity contribution in [3.63, 3.8) is 0 Å². The summed E-state index contributed by atoms with van der Waals surface area (Å²) < 4.78 is 0. The molecule has 0 atom stereocenters. The van der Waals surface area contributed by atoms with E-state index in [0.717, 1.165) is 11.3 Å². The molecule has 2 N–H and O–H groups in total. The number of nitrogens with zero attached hydrogens (tertiary/aromatic N) is 1. The Morgan fingerprint density at radius 1 is 1.44 bits per heavy atom. The Morgan fingerprint density at radius 2 is 2.19 bits per heavy atom. The molecular weight excluding hydrogens is 250 g/mol. The summed E-state index contributed by atoms with van der Waals surface area (Å²) in [4.78, 5) is 14.5. The van der Waals surface area contributed by atoms with Gasteiger partial charge in [0.25, 0.3) is 0 Å². The second-order valence-electron chi connectivity index (χ2n) is 2.98. The standard InChI is InChI=1S/C10H6ClNO3S/c11-5-2-1-3-7(13)8(5)9-12-6(4-16-9)10(14)15/h1-4,13H,(H,14,15). The van der Waals surface area contributed by atoms with Crippen LogP contribution in [0, 0.1) is 0 Å². The highest BCUT2D eigenvalue weighted by Gasteiger charge is 2.15. The van der Waals surface area contributed by atoms with E-state index in [0.29, 0.717) is 15.6 Å². The lowest BCUT2D eigenvalue weighted by Crippen LogP contribution is -1.95. The predicted molar refractivity (Wildman–Crippen MR) is 61.2 cm³/mol. The van der Waals surface area contributed by atoms with Gasteiger partial charge in [0.1, 0.15) is 10.8 Å². The van der Waals surface area contributed by atoms with Crippen LogP contribution in [-0.2, 0) is 0 Å². The van der Waals surface area contributed by atoms with Gasteiger partial charge in [0.2, 0.25) is 0 Å². The van der Waals surface area contributed by atoms with E-state index in [2.05, 4.69) is 4.98 Å². The molecule has 82 valence electrons. The van der Waals surface area contributed by atoms with Crippen LogP contribution in [0.2, 0.25) is 5.02 Å². The number of aromatic hydroxyl groups is 1. The van der Waals surface area contributed by atoms with Gasteiger partial charge < -0.3 is 10.2 Å². The van der Waals surface area contributed by atoms with Gasteiger partial charge in [0.05, 0.1) is 10.6 Å². The predicted octanol–water partition coefficient (Wildman–Crippen LogP) is 2.87. The molecule has 0 fully saturated rings. The van der Waals surface area contributed by atoms with Crippen molar-refractivity contribution in [1.82, 2.24) is 4.98 Å². The van der Waals surface area contributed by atoms with Gasteiger partial charge in [-0.05, 0) is 12.1 Å². The van der Waals surface area contributed by atoms with E-state index in [4.69, 9.17) is 16.7 Å². The number of aromatic carboxylic acids is 1. The van der Waals surface area contributed by atoms with Gasteiger partial charge in [-0.3, -0.25) is 0 Å². The Kier molecular flexibility index (Phi) is 2.80. The van der Waals surface area contributed by atoms with Gasteiger partial charge in [-0.2, -0.15) is 0 Å². The minimum absolute atomic E-state index is 0.0150. The summed E-state index contributed by atoms with van der Waals surface area (Å²) in [5.41, 5.74) is 0.306. The van der Waals surface area contributed by atoms with E-state index >= 15 is 0 Å². The maximum atomic E-state index is 10.7. The molecule has 0 aliphatic carbocycles. The summed E-state index contributed by atoms with van der Waals surface area (Å²) in [5, 5.41) is 20.5. The molecule has 16 heavy (non-hydrogen) atoms. The quantitative estimate of drug-likeness (QED) is 0.866. The zero-order chi connectivity index (χ0) is 11.7. The number of thiazole rings is 1. The molecule has 0 aliphatic heterocycles. The van der Waals surface area contributed by atoms with Crippen LogP contribution < -0.4 is 0 Å². The number of rotatable bonds is 2. The number of benzene rings is 1. The molecule has 0 spiro atoms. The first-order valence-corrected chi connectivity index (χ1v) is 5.52. The van der Waals surface area contributed by atoms with Gasteiger partial charge in [-0.15, -0.1) is 11.3 Å². The SMILES string of the molecule is O=C(O)c1csc(-c2c(O)cccc2Cl)n1. The summed E-state index contributed by atoms with van der Waals surface area (Å²) in [6, 6.07) is 4.69. The highest BCUT2D eigenvalue weighted by Crippen LogP contribution is 2.37. The molecule has 2 rings (SSSR count). The van der Waals surface area contributed by atoms with Gasteiger partial charge in [-0.25, -0.2) is 9.78 Å². The molecular formula is C10H6ClNO3S. The molecule has 1 aromatic heterocycles. The fourth-order valence-corrected chi connectivity index (χ4v) is 2.39. The first kappa shape index (κ1) is 10.9. The van der Waals surface area contributed by atoms with Crippen LogP contribution in [0.1, 0.15) is 10.5 Å². The Hall–Kier alpha value is -1.59. The number of carboxylic acid groups (broad SMARTS) is 1.